The highest BCUT2D eigenvalue weighted by molar-refractivity contribution is 6.08. The maximum absolute atomic E-state index is 10.5. The third-order valence-electron chi connectivity index (χ3n) is 4.66. The van der Waals surface area contributed by atoms with Crippen molar-refractivity contribution in [1.29, 1.82) is 0 Å². The SMILES string of the molecule is CCn1c2ccncc2c2ccc(-c3ccc(CCC=O)nc3)cc21. The molecule has 0 unspecified atom stereocenters. The van der Waals surface area contributed by atoms with E-state index in [1.807, 2.05) is 24.7 Å². The van der Waals surface area contributed by atoms with Crippen molar-refractivity contribution in [1.82, 2.24) is 14.5 Å². The number of aldehydes is 1. The summed E-state index contributed by atoms with van der Waals surface area (Å²) in [5.74, 6) is 0. The molecule has 0 saturated carbocycles. The van der Waals surface area contributed by atoms with E-state index < -0.39 is 0 Å². The van der Waals surface area contributed by atoms with Gasteiger partial charge in [-0.3, -0.25) is 9.97 Å². The van der Waals surface area contributed by atoms with Gasteiger partial charge in [0.25, 0.3) is 0 Å². The maximum Gasteiger partial charge on any atom is 0.120 e. The summed E-state index contributed by atoms with van der Waals surface area (Å²) in [7, 11) is 0. The van der Waals surface area contributed by atoms with Crippen LogP contribution in [0.15, 0.2) is 55.0 Å². The van der Waals surface area contributed by atoms with Crippen LogP contribution >= 0.6 is 0 Å². The molecular formula is C21H19N3O. The first-order valence-electron chi connectivity index (χ1n) is 8.56. The van der Waals surface area contributed by atoms with Crippen molar-refractivity contribution in [2.45, 2.75) is 26.3 Å². The van der Waals surface area contributed by atoms with E-state index in [1.54, 1.807) is 0 Å². The zero-order valence-corrected chi connectivity index (χ0v) is 14.1. The van der Waals surface area contributed by atoms with Crippen molar-refractivity contribution in [2.24, 2.45) is 0 Å². The summed E-state index contributed by atoms with van der Waals surface area (Å²) in [6.45, 7) is 3.08. The van der Waals surface area contributed by atoms with Gasteiger partial charge in [0.1, 0.15) is 6.29 Å². The third-order valence-corrected chi connectivity index (χ3v) is 4.66. The smallest absolute Gasteiger partial charge is 0.120 e. The van der Waals surface area contributed by atoms with E-state index in [0.29, 0.717) is 12.8 Å². The molecule has 25 heavy (non-hydrogen) atoms. The number of hydrogen-bond donors (Lipinski definition) is 0. The number of fused-ring (bicyclic) bond motifs is 3. The normalized spacial score (nSPS) is 11.2. The predicted octanol–water partition coefficient (Wildman–Crippen LogP) is 4.40. The van der Waals surface area contributed by atoms with Gasteiger partial charge < -0.3 is 9.36 Å². The quantitative estimate of drug-likeness (QED) is 0.510. The molecule has 0 atom stereocenters. The molecule has 0 bridgehead atoms. The zero-order chi connectivity index (χ0) is 17.2. The van der Waals surface area contributed by atoms with Gasteiger partial charge in [-0.2, -0.15) is 0 Å². The first kappa shape index (κ1) is 15.5. The van der Waals surface area contributed by atoms with Gasteiger partial charge >= 0.3 is 0 Å². The molecule has 3 aromatic heterocycles. The van der Waals surface area contributed by atoms with Crippen molar-refractivity contribution in [2.75, 3.05) is 0 Å². The molecule has 0 spiro atoms. The largest absolute Gasteiger partial charge is 0.341 e. The Bertz CT molecular complexity index is 1050. The summed E-state index contributed by atoms with van der Waals surface area (Å²) in [6.07, 6.45) is 7.82. The van der Waals surface area contributed by atoms with Crippen LogP contribution in [0.3, 0.4) is 0 Å². The van der Waals surface area contributed by atoms with Gasteiger partial charge in [0.05, 0.1) is 5.52 Å². The molecule has 4 aromatic rings. The van der Waals surface area contributed by atoms with Crippen LogP contribution in [0, 0.1) is 0 Å². The fourth-order valence-electron chi connectivity index (χ4n) is 3.41. The van der Waals surface area contributed by atoms with Crippen LogP contribution in [-0.2, 0) is 17.8 Å². The maximum atomic E-state index is 10.5. The number of hydrogen-bond acceptors (Lipinski definition) is 3. The minimum Gasteiger partial charge on any atom is -0.341 e. The summed E-state index contributed by atoms with van der Waals surface area (Å²) in [4.78, 5) is 19.3. The second-order valence-corrected chi connectivity index (χ2v) is 6.11. The zero-order valence-electron chi connectivity index (χ0n) is 14.1. The molecule has 0 aliphatic carbocycles. The van der Waals surface area contributed by atoms with Crippen LogP contribution in [0.5, 0.6) is 0 Å². The predicted molar refractivity (Wildman–Crippen MR) is 101 cm³/mol. The Kier molecular flexibility index (Phi) is 4.02. The monoisotopic (exact) mass is 329 g/mol. The lowest BCUT2D eigenvalue weighted by Gasteiger charge is -2.06. The molecule has 0 aliphatic rings. The van der Waals surface area contributed by atoms with E-state index in [4.69, 9.17) is 0 Å². The van der Waals surface area contributed by atoms with Gasteiger partial charge in [-0.05, 0) is 37.1 Å². The molecule has 4 heteroatoms. The highest BCUT2D eigenvalue weighted by Crippen LogP contribution is 2.31. The van der Waals surface area contributed by atoms with E-state index in [1.165, 1.54) is 21.8 Å². The highest BCUT2D eigenvalue weighted by atomic mass is 16.1. The number of nitrogens with zero attached hydrogens (tertiary/aromatic N) is 3. The van der Waals surface area contributed by atoms with Crippen LogP contribution in [0.1, 0.15) is 19.0 Å². The molecule has 0 saturated heterocycles. The molecular weight excluding hydrogens is 310 g/mol. The second kappa shape index (κ2) is 6.48. The Balaban J connectivity index is 1.81. The first-order valence-corrected chi connectivity index (χ1v) is 8.56. The standard InChI is InChI=1S/C21H19N3O/c1-2-24-20-9-10-22-14-19(20)18-8-6-15(12-21(18)24)16-5-7-17(23-13-16)4-3-11-25/h5-14H,2-4H2,1H3. The van der Waals surface area contributed by atoms with Crippen molar-refractivity contribution in [3.8, 4) is 11.1 Å². The molecule has 0 aliphatic heterocycles. The van der Waals surface area contributed by atoms with Crippen LogP contribution in [-0.4, -0.2) is 20.8 Å². The van der Waals surface area contributed by atoms with Crippen molar-refractivity contribution < 1.29 is 4.79 Å². The number of carbonyl (C=O) groups excluding carboxylic acids is 1. The van der Waals surface area contributed by atoms with Gasteiger partial charge in [-0.15, -0.1) is 0 Å². The van der Waals surface area contributed by atoms with E-state index >= 15 is 0 Å². The molecule has 4 nitrogen and oxygen atoms in total. The molecule has 4 rings (SSSR count). The molecule has 0 N–H and O–H groups in total. The van der Waals surface area contributed by atoms with Gasteiger partial charge in [0, 0.05) is 59.1 Å². The molecule has 124 valence electrons. The Labute approximate surface area is 146 Å². The molecule has 0 fully saturated rings. The second-order valence-electron chi connectivity index (χ2n) is 6.11. The van der Waals surface area contributed by atoms with Crippen LogP contribution < -0.4 is 0 Å². The number of aryl methyl sites for hydroxylation is 2. The van der Waals surface area contributed by atoms with Crippen LogP contribution in [0.2, 0.25) is 0 Å². The van der Waals surface area contributed by atoms with Crippen molar-refractivity contribution >= 4 is 28.1 Å². The summed E-state index contributed by atoms with van der Waals surface area (Å²) in [5.41, 5.74) is 5.61. The summed E-state index contributed by atoms with van der Waals surface area (Å²) in [5, 5.41) is 2.41. The van der Waals surface area contributed by atoms with Crippen LogP contribution in [0.4, 0.5) is 0 Å². The first-order chi connectivity index (χ1) is 12.3. The number of aromatic nitrogens is 3. The molecule has 0 radical (unpaired) electrons. The number of benzene rings is 1. The van der Waals surface area contributed by atoms with Crippen molar-refractivity contribution in [3.05, 3.63) is 60.7 Å². The Hall–Kier alpha value is -3.01. The lowest BCUT2D eigenvalue weighted by molar-refractivity contribution is -0.107. The highest BCUT2D eigenvalue weighted by Gasteiger charge is 2.11. The molecule has 3 heterocycles. The number of rotatable bonds is 5. The summed E-state index contributed by atoms with van der Waals surface area (Å²) >= 11 is 0. The molecule has 0 amide bonds. The average Bonchev–Trinajstić information content (AvgIpc) is 2.99. The lowest BCUT2D eigenvalue weighted by atomic mass is 10.0. The fourth-order valence-corrected chi connectivity index (χ4v) is 3.41. The average molecular weight is 329 g/mol. The van der Waals surface area contributed by atoms with Gasteiger partial charge in [0.2, 0.25) is 0 Å². The van der Waals surface area contributed by atoms with E-state index in [2.05, 4.69) is 51.8 Å². The van der Waals surface area contributed by atoms with Gasteiger partial charge in [-0.25, -0.2) is 0 Å². The Morgan fingerprint density at radius 1 is 1.00 bits per heavy atom. The molecule has 1 aromatic carbocycles. The lowest BCUT2D eigenvalue weighted by Crippen LogP contribution is -1.94. The third kappa shape index (κ3) is 2.70. The van der Waals surface area contributed by atoms with Crippen LogP contribution in [0.25, 0.3) is 32.9 Å². The van der Waals surface area contributed by atoms with Gasteiger partial charge in [-0.1, -0.05) is 18.2 Å². The van der Waals surface area contributed by atoms with Crippen molar-refractivity contribution in [3.63, 3.8) is 0 Å². The fraction of sp³-hybridized carbons (Fsp3) is 0.190. The van der Waals surface area contributed by atoms with E-state index in [0.717, 1.165) is 29.7 Å². The minimum absolute atomic E-state index is 0.517. The Morgan fingerprint density at radius 3 is 2.64 bits per heavy atom. The van der Waals surface area contributed by atoms with E-state index in [9.17, 15) is 4.79 Å². The minimum atomic E-state index is 0.517. The van der Waals surface area contributed by atoms with E-state index in [-0.39, 0.29) is 0 Å². The van der Waals surface area contributed by atoms with Gasteiger partial charge in [0.15, 0.2) is 0 Å². The summed E-state index contributed by atoms with van der Waals surface area (Å²) in [6, 6.07) is 12.7. The Morgan fingerprint density at radius 2 is 1.88 bits per heavy atom. The summed E-state index contributed by atoms with van der Waals surface area (Å²) < 4.78 is 2.32. The topological polar surface area (TPSA) is 47.8 Å². The number of carbonyl (C=O) groups is 1. The number of pyridine rings is 2.